The second kappa shape index (κ2) is 20.3. The molecule has 0 aliphatic rings. The Balaban J connectivity index is 1.29. The molecule has 0 spiro atoms. The number of tetrazole rings is 1. The van der Waals surface area contributed by atoms with Crippen LogP contribution in [0, 0.1) is 0 Å². The van der Waals surface area contributed by atoms with Crippen LogP contribution in [0.15, 0.2) is 48.5 Å². The topological polar surface area (TPSA) is 243 Å². The molecule has 1 atom stereocenters. The highest BCUT2D eigenvalue weighted by Crippen LogP contribution is 2.30. The average Bonchev–Trinajstić information content (AvgIpc) is 3.76. The molecule has 6 N–H and O–H groups in total. The lowest BCUT2D eigenvalue weighted by Crippen LogP contribution is -2.31. The number of H-pyrrole nitrogens is 1. The fourth-order valence-corrected chi connectivity index (χ4v) is 5.35. The van der Waals surface area contributed by atoms with E-state index in [4.69, 9.17) is 41.9 Å². The van der Waals surface area contributed by atoms with Gasteiger partial charge in [0.2, 0.25) is 5.82 Å². The Morgan fingerprint density at radius 3 is 2.41 bits per heavy atom. The van der Waals surface area contributed by atoms with E-state index in [0.717, 1.165) is 35.1 Å². The van der Waals surface area contributed by atoms with Gasteiger partial charge in [-0.05, 0) is 47.6 Å². The number of ether oxygens (including phenoxy) is 2. The maximum absolute atomic E-state index is 13.3. The van der Waals surface area contributed by atoms with E-state index in [0.29, 0.717) is 37.5 Å². The lowest BCUT2D eigenvalue weighted by atomic mass is 9.98. The number of imidazole rings is 1. The van der Waals surface area contributed by atoms with Crippen molar-refractivity contribution in [1.29, 1.82) is 0 Å². The molecule has 19 nitrogen and oxygen atoms in total. The molecule has 4 rings (SSSR count). The van der Waals surface area contributed by atoms with Crippen LogP contribution in [0.2, 0.25) is 5.15 Å². The van der Waals surface area contributed by atoms with Gasteiger partial charge in [0.15, 0.2) is 5.15 Å². The third-order valence-corrected chi connectivity index (χ3v) is 7.72. The van der Waals surface area contributed by atoms with Crippen LogP contribution in [0.3, 0.4) is 0 Å². The standard InChI is InChI=1S/C31H40ClN9O10/c1-2-3-11-26-34-28(32)27(30(42)33-16-18-49-31(43)48-17-7-6-8-23(51-41(46)47)20-50-40(44)45)39(26)19-21-12-14-22(15-13-21)24-9-4-5-10-25(24)29-35-37-38-36-29/h4-5,9-10,12-15,23,44-47H,2-3,6-8,11,16-20H2,1H3,(H,33,42)(H,35,36,37,38). The lowest BCUT2D eigenvalue weighted by molar-refractivity contribution is -0.527. The molecule has 0 saturated heterocycles. The van der Waals surface area contributed by atoms with Crippen LogP contribution in [0.4, 0.5) is 4.79 Å². The number of aromatic amines is 1. The fourth-order valence-electron chi connectivity index (χ4n) is 5.06. The first-order valence-corrected chi connectivity index (χ1v) is 16.4. The van der Waals surface area contributed by atoms with Crippen molar-refractivity contribution < 1.29 is 49.6 Å². The molecule has 1 amide bonds. The summed E-state index contributed by atoms with van der Waals surface area (Å²) in [5, 5.41) is 51.0. The molecule has 0 bridgehead atoms. The highest BCUT2D eigenvalue weighted by Gasteiger charge is 2.22. The number of benzene rings is 2. The molecule has 276 valence electrons. The van der Waals surface area contributed by atoms with Crippen molar-refractivity contribution in [3.63, 3.8) is 0 Å². The van der Waals surface area contributed by atoms with E-state index in [1.807, 2.05) is 48.5 Å². The largest absolute Gasteiger partial charge is 0.508 e. The number of amides is 1. The second-order valence-corrected chi connectivity index (χ2v) is 11.4. The number of unbranched alkanes of at least 4 members (excludes halogenated alkanes) is 2. The van der Waals surface area contributed by atoms with E-state index in [1.165, 1.54) is 0 Å². The Morgan fingerprint density at radius 2 is 1.73 bits per heavy atom. The van der Waals surface area contributed by atoms with Crippen LogP contribution in [-0.4, -0.2) is 106 Å². The summed E-state index contributed by atoms with van der Waals surface area (Å²) in [4.78, 5) is 38.8. The Hall–Kier alpha value is -4.57. The van der Waals surface area contributed by atoms with Crippen molar-refractivity contribution in [2.75, 3.05) is 26.4 Å². The van der Waals surface area contributed by atoms with Gasteiger partial charge in [-0.3, -0.25) is 25.6 Å². The Morgan fingerprint density at radius 1 is 0.980 bits per heavy atom. The summed E-state index contributed by atoms with van der Waals surface area (Å²) in [5.41, 5.74) is 3.85. The molecular weight excluding hydrogens is 694 g/mol. The molecule has 4 aromatic rings. The Kier molecular flexibility index (Phi) is 15.6. The van der Waals surface area contributed by atoms with E-state index in [9.17, 15) is 9.59 Å². The van der Waals surface area contributed by atoms with Crippen molar-refractivity contribution >= 4 is 23.7 Å². The summed E-state index contributed by atoms with van der Waals surface area (Å²) in [7, 11) is 0. The van der Waals surface area contributed by atoms with Gasteiger partial charge in [-0.25, -0.2) is 19.5 Å². The minimum atomic E-state index is -0.943. The molecule has 2 heterocycles. The van der Waals surface area contributed by atoms with Gasteiger partial charge >= 0.3 is 6.16 Å². The van der Waals surface area contributed by atoms with Gasteiger partial charge in [0.05, 0.1) is 23.9 Å². The molecule has 2 aromatic heterocycles. The van der Waals surface area contributed by atoms with Crippen molar-refractivity contribution in [2.24, 2.45) is 0 Å². The van der Waals surface area contributed by atoms with Gasteiger partial charge in [0, 0.05) is 18.5 Å². The van der Waals surface area contributed by atoms with Crippen LogP contribution in [-0.2, 0) is 32.1 Å². The predicted molar refractivity (Wildman–Crippen MR) is 175 cm³/mol. The smallest absolute Gasteiger partial charge is 0.434 e. The minimum absolute atomic E-state index is 0.0151. The monoisotopic (exact) mass is 733 g/mol. The fraction of sp³-hybridized carbons (Fsp3) is 0.419. The van der Waals surface area contributed by atoms with Crippen LogP contribution in [0.5, 0.6) is 0 Å². The second-order valence-electron chi connectivity index (χ2n) is 11.1. The number of carbonyl (C=O) groups excluding carboxylic acids is 2. The van der Waals surface area contributed by atoms with Gasteiger partial charge in [-0.15, -0.1) is 10.2 Å². The first-order chi connectivity index (χ1) is 24.7. The van der Waals surface area contributed by atoms with E-state index in [-0.39, 0.29) is 37.0 Å². The van der Waals surface area contributed by atoms with Gasteiger partial charge in [0.25, 0.3) is 5.91 Å². The molecule has 2 aromatic carbocycles. The Bertz CT molecular complexity index is 1660. The van der Waals surface area contributed by atoms with E-state index < -0.39 is 35.6 Å². The zero-order chi connectivity index (χ0) is 36.6. The van der Waals surface area contributed by atoms with Gasteiger partial charge in [0.1, 0.15) is 30.8 Å². The number of hydrogen-bond acceptors (Lipinski definition) is 16. The number of rotatable bonds is 21. The number of aromatic nitrogens is 6. The third-order valence-electron chi connectivity index (χ3n) is 7.46. The summed E-state index contributed by atoms with van der Waals surface area (Å²) in [5.74, 6) is 0.689. The normalized spacial score (nSPS) is 12.0. The van der Waals surface area contributed by atoms with E-state index >= 15 is 0 Å². The molecular formula is C31H40ClN9O10. The van der Waals surface area contributed by atoms with Crippen LogP contribution in [0.1, 0.15) is 60.9 Å². The molecule has 51 heavy (non-hydrogen) atoms. The summed E-state index contributed by atoms with van der Waals surface area (Å²) < 4.78 is 11.9. The summed E-state index contributed by atoms with van der Waals surface area (Å²) in [6.45, 7) is 1.80. The molecule has 0 radical (unpaired) electrons. The van der Waals surface area contributed by atoms with Crippen molar-refractivity contribution in [2.45, 2.75) is 58.1 Å². The van der Waals surface area contributed by atoms with Crippen molar-refractivity contribution in [1.82, 2.24) is 46.3 Å². The predicted octanol–water partition coefficient (Wildman–Crippen LogP) is 4.22. The number of nitrogens with zero attached hydrogens (tertiary/aromatic N) is 7. The van der Waals surface area contributed by atoms with E-state index in [2.05, 4.69) is 47.5 Å². The van der Waals surface area contributed by atoms with Gasteiger partial charge in [-0.1, -0.05) is 73.5 Å². The highest BCUT2D eigenvalue weighted by molar-refractivity contribution is 6.32. The molecule has 0 fully saturated rings. The maximum Gasteiger partial charge on any atom is 0.508 e. The van der Waals surface area contributed by atoms with E-state index in [1.54, 1.807) is 4.57 Å². The van der Waals surface area contributed by atoms with Crippen LogP contribution in [0.25, 0.3) is 22.5 Å². The van der Waals surface area contributed by atoms with Gasteiger partial charge in [-0.2, -0.15) is 5.21 Å². The zero-order valence-electron chi connectivity index (χ0n) is 27.7. The molecule has 0 aliphatic heterocycles. The minimum Gasteiger partial charge on any atom is -0.434 e. The summed E-state index contributed by atoms with van der Waals surface area (Å²) in [6, 6.07) is 15.7. The first kappa shape index (κ1) is 39.2. The molecule has 0 saturated carbocycles. The van der Waals surface area contributed by atoms with Crippen molar-refractivity contribution in [3.8, 4) is 22.5 Å². The maximum atomic E-state index is 13.3. The number of carbonyl (C=O) groups is 2. The number of nitrogens with one attached hydrogen (secondary N) is 2. The van der Waals surface area contributed by atoms with Crippen LogP contribution < -0.4 is 5.32 Å². The highest BCUT2D eigenvalue weighted by atomic mass is 35.5. The first-order valence-electron chi connectivity index (χ1n) is 16.1. The Labute approximate surface area is 297 Å². The molecule has 0 aliphatic carbocycles. The number of aryl methyl sites for hydroxylation is 1. The number of hydrogen-bond donors (Lipinski definition) is 6. The lowest BCUT2D eigenvalue weighted by Gasteiger charge is -2.18. The third kappa shape index (κ3) is 12.3. The summed E-state index contributed by atoms with van der Waals surface area (Å²) >= 11 is 6.50. The summed E-state index contributed by atoms with van der Waals surface area (Å²) in [6.07, 6.45) is 1.45. The molecule has 20 heteroatoms. The van der Waals surface area contributed by atoms with Crippen molar-refractivity contribution in [3.05, 3.63) is 70.8 Å². The average molecular weight is 734 g/mol. The quantitative estimate of drug-likeness (QED) is 0.0399. The van der Waals surface area contributed by atoms with Crippen LogP contribution >= 0.6 is 11.6 Å². The number of halogens is 1. The van der Waals surface area contributed by atoms with Gasteiger partial charge < -0.3 is 19.4 Å². The zero-order valence-corrected chi connectivity index (χ0v) is 28.5. The molecule has 1 unspecified atom stereocenters. The SMILES string of the molecule is CCCCc1nc(Cl)c(C(=O)NCCOC(=O)OCCCCC(CON(O)O)ON(O)O)n1Cc1ccc(-c2ccccc2-c2nn[nH]n2)cc1.